The van der Waals surface area contributed by atoms with E-state index in [-0.39, 0.29) is 5.91 Å². The molecular weight excluding hydrogens is 324 g/mol. The van der Waals surface area contributed by atoms with Crippen LogP contribution in [0, 0.1) is 6.92 Å². The summed E-state index contributed by atoms with van der Waals surface area (Å²) in [6.07, 6.45) is 3.42. The second-order valence-electron chi connectivity index (χ2n) is 6.13. The summed E-state index contributed by atoms with van der Waals surface area (Å²) in [4.78, 5) is 25.2. The Kier molecular flexibility index (Phi) is 5.00. The van der Waals surface area contributed by atoms with Gasteiger partial charge in [-0.05, 0) is 31.9 Å². The zero-order chi connectivity index (χ0) is 17.1. The molecular formula is C18H21ClN4O. The number of amides is 1. The molecule has 126 valence electrons. The Hall–Kier alpha value is -2.14. The molecule has 5 nitrogen and oxygen atoms in total. The number of hydrogen-bond acceptors (Lipinski definition) is 4. The Bertz CT molecular complexity index is 728. The molecule has 2 aromatic rings. The highest BCUT2D eigenvalue weighted by Crippen LogP contribution is 2.23. The van der Waals surface area contributed by atoms with Gasteiger partial charge in [-0.2, -0.15) is 0 Å². The number of nitrogens with zero attached hydrogens (tertiary/aromatic N) is 4. The highest BCUT2D eigenvalue weighted by atomic mass is 35.5. The fourth-order valence-corrected chi connectivity index (χ4v) is 3.30. The summed E-state index contributed by atoms with van der Waals surface area (Å²) in [5.74, 6) is 0.943. The van der Waals surface area contributed by atoms with Crippen LogP contribution in [-0.2, 0) is 0 Å². The largest absolute Gasteiger partial charge is 0.356 e. The van der Waals surface area contributed by atoms with E-state index in [1.54, 1.807) is 18.5 Å². The molecule has 3 rings (SSSR count). The summed E-state index contributed by atoms with van der Waals surface area (Å²) in [6.45, 7) is 3.41. The number of likely N-dealkylation sites (tertiary alicyclic amines) is 1. The Morgan fingerprint density at radius 1 is 1.25 bits per heavy atom. The van der Waals surface area contributed by atoms with Crippen molar-refractivity contribution in [3.05, 3.63) is 52.9 Å². The lowest BCUT2D eigenvalue weighted by Gasteiger charge is -2.37. The van der Waals surface area contributed by atoms with Gasteiger partial charge in [-0.3, -0.25) is 4.79 Å². The molecule has 0 bridgehead atoms. The first-order valence-corrected chi connectivity index (χ1v) is 8.49. The first kappa shape index (κ1) is 16.7. The average Bonchev–Trinajstić information content (AvgIpc) is 2.61. The van der Waals surface area contributed by atoms with Crippen LogP contribution in [0.25, 0.3) is 0 Å². The van der Waals surface area contributed by atoms with E-state index >= 15 is 0 Å². The van der Waals surface area contributed by atoms with Gasteiger partial charge < -0.3 is 9.80 Å². The van der Waals surface area contributed by atoms with Crippen molar-refractivity contribution in [3.63, 3.8) is 0 Å². The van der Waals surface area contributed by atoms with Gasteiger partial charge in [0.15, 0.2) is 0 Å². The summed E-state index contributed by atoms with van der Waals surface area (Å²) in [6, 6.07) is 9.58. The van der Waals surface area contributed by atoms with E-state index in [1.165, 1.54) is 0 Å². The summed E-state index contributed by atoms with van der Waals surface area (Å²) >= 11 is 6.14. The van der Waals surface area contributed by atoms with Gasteiger partial charge in [-0.1, -0.05) is 23.7 Å². The van der Waals surface area contributed by atoms with Crippen LogP contribution in [0.15, 0.2) is 36.7 Å². The van der Waals surface area contributed by atoms with Crippen LogP contribution in [0.2, 0.25) is 5.02 Å². The van der Waals surface area contributed by atoms with Crippen molar-refractivity contribution in [1.82, 2.24) is 14.9 Å². The van der Waals surface area contributed by atoms with Crippen LogP contribution in [-0.4, -0.2) is 47.0 Å². The SMILES string of the molecule is Cc1cc(N(C)C2CCN(C(=O)c3ccccc3Cl)CC2)ncn1. The van der Waals surface area contributed by atoms with Crippen LogP contribution in [0.5, 0.6) is 0 Å². The molecule has 24 heavy (non-hydrogen) atoms. The average molecular weight is 345 g/mol. The van der Waals surface area contributed by atoms with Gasteiger partial charge in [0.1, 0.15) is 12.1 Å². The maximum atomic E-state index is 12.6. The number of hydrogen-bond donors (Lipinski definition) is 0. The summed E-state index contributed by atoms with van der Waals surface area (Å²) in [5.41, 5.74) is 1.54. The van der Waals surface area contributed by atoms with Crippen molar-refractivity contribution in [2.45, 2.75) is 25.8 Å². The van der Waals surface area contributed by atoms with E-state index in [0.29, 0.717) is 16.6 Å². The number of piperidine rings is 1. The number of halogens is 1. The predicted molar refractivity (Wildman–Crippen MR) is 95.5 cm³/mol. The topological polar surface area (TPSA) is 49.3 Å². The number of benzene rings is 1. The Morgan fingerprint density at radius 2 is 1.96 bits per heavy atom. The van der Waals surface area contributed by atoms with Crippen molar-refractivity contribution in [3.8, 4) is 0 Å². The molecule has 0 N–H and O–H groups in total. The van der Waals surface area contributed by atoms with E-state index < -0.39 is 0 Å². The molecule has 0 unspecified atom stereocenters. The number of aromatic nitrogens is 2. The van der Waals surface area contributed by atoms with Crippen molar-refractivity contribution in [1.29, 1.82) is 0 Å². The molecule has 0 radical (unpaired) electrons. The van der Waals surface area contributed by atoms with Crippen LogP contribution < -0.4 is 4.90 Å². The molecule has 0 spiro atoms. The van der Waals surface area contributed by atoms with E-state index in [1.807, 2.05) is 30.0 Å². The highest BCUT2D eigenvalue weighted by molar-refractivity contribution is 6.33. The first-order chi connectivity index (χ1) is 11.6. The molecule has 1 amide bonds. The molecule has 0 atom stereocenters. The van der Waals surface area contributed by atoms with Crippen LogP contribution in [0.3, 0.4) is 0 Å². The molecule has 1 saturated heterocycles. The van der Waals surface area contributed by atoms with Crippen molar-refractivity contribution < 1.29 is 4.79 Å². The van der Waals surface area contributed by atoms with Gasteiger partial charge in [0, 0.05) is 37.9 Å². The standard InChI is InChI=1S/C18H21ClN4O/c1-13-11-17(21-12-20-13)22(2)14-7-9-23(10-8-14)18(24)15-5-3-4-6-16(15)19/h3-6,11-12,14H,7-10H2,1-2H3. The van der Waals surface area contributed by atoms with Crippen LogP contribution in [0.4, 0.5) is 5.82 Å². The van der Waals surface area contributed by atoms with Crippen molar-refractivity contribution >= 4 is 23.3 Å². The third kappa shape index (κ3) is 3.51. The maximum Gasteiger partial charge on any atom is 0.255 e. The molecule has 0 saturated carbocycles. The normalized spacial score (nSPS) is 15.4. The Labute approximate surface area is 147 Å². The summed E-state index contributed by atoms with van der Waals surface area (Å²) in [5, 5.41) is 0.512. The third-order valence-corrected chi connectivity index (χ3v) is 4.88. The monoisotopic (exact) mass is 344 g/mol. The number of aryl methyl sites for hydroxylation is 1. The lowest BCUT2D eigenvalue weighted by atomic mass is 10.0. The Balaban J connectivity index is 1.63. The predicted octanol–water partition coefficient (Wildman–Crippen LogP) is 3.18. The van der Waals surface area contributed by atoms with Gasteiger partial charge in [0.25, 0.3) is 5.91 Å². The minimum Gasteiger partial charge on any atom is -0.356 e. The van der Waals surface area contributed by atoms with E-state index in [4.69, 9.17) is 11.6 Å². The molecule has 1 aliphatic rings. The molecule has 1 aliphatic heterocycles. The molecule has 1 fully saturated rings. The molecule has 6 heteroatoms. The molecule has 1 aromatic carbocycles. The first-order valence-electron chi connectivity index (χ1n) is 8.11. The van der Waals surface area contributed by atoms with Gasteiger partial charge in [0.2, 0.25) is 0 Å². The minimum atomic E-state index is 0.0135. The fourth-order valence-electron chi connectivity index (χ4n) is 3.08. The number of rotatable bonds is 3. The lowest BCUT2D eigenvalue weighted by Crippen LogP contribution is -2.46. The van der Waals surface area contributed by atoms with Crippen LogP contribution >= 0.6 is 11.6 Å². The van der Waals surface area contributed by atoms with E-state index in [9.17, 15) is 4.79 Å². The number of anilines is 1. The second-order valence-corrected chi connectivity index (χ2v) is 6.54. The highest BCUT2D eigenvalue weighted by Gasteiger charge is 2.27. The van der Waals surface area contributed by atoms with Gasteiger partial charge in [-0.25, -0.2) is 9.97 Å². The molecule has 0 aliphatic carbocycles. The molecule has 1 aromatic heterocycles. The van der Waals surface area contributed by atoms with Gasteiger partial charge in [0.05, 0.1) is 10.6 Å². The lowest BCUT2D eigenvalue weighted by molar-refractivity contribution is 0.0713. The number of carbonyl (C=O) groups excluding carboxylic acids is 1. The maximum absolute atomic E-state index is 12.6. The zero-order valence-corrected chi connectivity index (χ0v) is 14.7. The smallest absolute Gasteiger partial charge is 0.255 e. The summed E-state index contributed by atoms with van der Waals surface area (Å²) in [7, 11) is 2.05. The van der Waals surface area contributed by atoms with Crippen molar-refractivity contribution in [2.75, 3.05) is 25.0 Å². The number of carbonyl (C=O) groups is 1. The quantitative estimate of drug-likeness (QED) is 0.858. The zero-order valence-electron chi connectivity index (χ0n) is 13.9. The van der Waals surface area contributed by atoms with Crippen molar-refractivity contribution in [2.24, 2.45) is 0 Å². The van der Waals surface area contributed by atoms with E-state index in [0.717, 1.165) is 37.4 Å². The second kappa shape index (κ2) is 7.18. The fraction of sp³-hybridized carbons (Fsp3) is 0.389. The van der Waals surface area contributed by atoms with Gasteiger partial charge in [-0.15, -0.1) is 0 Å². The van der Waals surface area contributed by atoms with Gasteiger partial charge >= 0.3 is 0 Å². The summed E-state index contributed by atoms with van der Waals surface area (Å²) < 4.78 is 0. The minimum absolute atomic E-state index is 0.0135. The Morgan fingerprint density at radius 3 is 2.62 bits per heavy atom. The third-order valence-electron chi connectivity index (χ3n) is 4.55. The van der Waals surface area contributed by atoms with Crippen LogP contribution in [0.1, 0.15) is 28.9 Å². The molecule has 2 heterocycles. The van der Waals surface area contributed by atoms with E-state index in [2.05, 4.69) is 21.9 Å².